The Hall–Kier alpha value is -2.59. The fourth-order valence-electron chi connectivity index (χ4n) is 3.84. The Morgan fingerprint density at radius 1 is 1.10 bits per heavy atom. The molecule has 7 nitrogen and oxygen atoms in total. The maximum absolute atomic E-state index is 13.0. The number of amides is 2. The molecule has 0 spiro atoms. The quantitative estimate of drug-likeness (QED) is 0.782. The van der Waals surface area contributed by atoms with Gasteiger partial charge in [-0.2, -0.15) is 5.26 Å². The van der Waals surface area contributed by atoms with Crippen molar-refractivity contribution in [1.29, 1.82) is 5.26 Å². The molecule has 3 rings (SSSR count). The number of ether oxygens (including phenoxy) is 1. The Morgan fingerprint density at radius 3 is 2.34 bits per heavy atom. The van der Waals surface area contributed by atoms with Gasteiger partial charge in [0.2, 0.25) is 5.91 Å². The van der Waals surface area contributed by atoms with E-state index >= 15 is 0 Å². The normalized spacial score (nSPS) is 20.4. The van der Waals surface area contributed by atoms with Gasteiger partial charge in [-0.1, -0.05) is 12.1 Å². The number of piperazine rings is 1. The lowest BCUT2D eigenvalue weighted by Gasteiger charge is -2.37. The van der Waals surface area contributed by atoms with Crippen LogP contribution in [0.25, 0.3) is 0 Å². The summed E-state index contributed by atoms with van der Waals surface area (Å²) in [4.78, 5) is 31.3. The van der Waals surface area contributed by atoms with Gasteiger partial charge in [-0.25, -0.2) is 4.79 Å². The van der Waals surface area contributed by atoms with Crippen LogP contribution in [-0.2, 0) is 16.1 Å². The lowest BCUT2D eigenvalue weighted by molar-refractivity contribution is -0.137. The fraction of sp³-hybridized carbons (Fsp3) is 0.591. The van der Waals surface area contributed by atoms with Gasteiger partial charge in [0, 0.05) is 39.3 Å². The summed E-state index contributed by atoms with van der Waals surface area (Å²) in [6, 6.07) is 9.35. The Bertz CT molecular complexity index is 771. The van der Waals surface area contributed by atoms with Gasteiger partial charge in [0.05, 0.1) is 11.6 Å². The summed E-state index contributed by atoms with van der Waals surface area (Å²) in [5.74, 6) is 0.0337. The van der Waals surface area contributed by atoms with Crippen molar-refractivity contribution in [3.05, 3.63) is 35.4 Å². The maximum Gasteiger partial charge on any atom is 0.410 e. The Labute approximate surface area is 172 Å². The van der Waals surface area contributed by atoms with E-state index in [0.717, 1.165) is 31.6 Å². The predicted octanol–water partition coefficient (Wildman–Crippen LogP) is 2.60. The Morgan fingerprint density at radius 2 is 1.76 bits per heavy atom. The minimum absolute atomic E-state index is 0.0337. The van der Waals surface area contributed by atoms with Crippen LogP contribution in [-0.4, -0.2) is 71.1 Å². The molecule has 0 radical (unpaired) electrons. The molecule has 2 saturated heterocycles. The van der Waals surface area contributed by atoms with Crippen molar-refractivity contribution in [1.82, 2.24) is 14.7 Å². The summed E-state index contributed by atoms with van der Waals surface area (Å²) in [5.41, 5.74) is 1.26. The first-order valence-electron chi connectivity index (χ1n) is 10.3. The summed E-state index contributed by atoms with van der Waals surface area (Å²) >= 11 is 0. The summed E-state index contributed by atoms with van der Waals surface area (Å²) in [5, 5.41) is 8.90. The minimum atomic E-state index is -0.565. The van der Waals surface area contributed by atoms with E-state index in [0.29, 0.717) is 31.6 Å². The van der Waals surface area contributed by atoms with E-state index in [1.807, 2.05) is 49.9 Å². The highest BCUT2D eigenvalue weighted by molar-refractivity contribution is 5.86. The van der Waals surface area contributed by atoms with Crippen LogP contribution in [0.3, 0.4) is 0 Å². The maximum atomic E-state index is 13.0. The standard InChI is InChI=1S/C22H30N4O3/c1-22(2,3)29-21(28)26-10-4-5-19(26)20(27)25-13-11-24(12-14-25)16-18-8-6-17(15-23)7-9-18/h6-9,19H,4-5,10-14,16H2,1-3H3/t19-/m0/s1. The van der Waals surface area contributed by atoms with Gasteiger partial charge in [-0.05, 0) is 51.3 Å². The Kier molecular flexibility index (Phi) is 6.43. The first-order chi connectivity index (χ1) is 13.8. The van der Waals surface area contributed by atoms with Gasteiger partial charge < -0.3 is 9.64 Å². The van der Waals surface area contributed by atoms with Crippen LogP contribution >= 0.6 is 0 Å². The monoisotopic (exact) mass is 398 g/mol. The Balaban J connectivity index is 1.52. The van der Waals surface area contributed by atoms with E-state index in [9.17, 15) is 9.59 Å². The van der Waals surface area contributed by atoms with Crippen LogP contribution in [0, 0.1) is 11.3 Å². The second-order valence-electron chi connectivity index (χ2n) is 8.74. The minimum Gasteiger partial charge on any atom is -0.444 e. The molecule has 0 bridgehead atoms. The topological polar surface area (TPSA) is 76.9 Å². The second kappa shape index (κ2) is 8.83. The average molecular weight is 399 g/mol. The van der Waals surface area contributed by atoms with E-state index in [-0.39, 0.29) is 5.91 Å². The van der Waals surface area contributed by atoms with E-state index in [2.05, 4.69) is 11.0 Å². The first kappa shape index (κ1) is 21.1. The molecule has 1 aromatic carbocycles. The van der Waals surface area contributed by atoms with Crippen molar-refractivity contribution < 1.29 is 14.3 Å². The molecule has 29 heavy (non-hydrogen) atoms. The van der Waals surface area contributed by atoms with Crippen molar-refractivity contribution in [2.45, 2.75) is 51.8 Å². The van der Waals surface area contributed by atoms with Gasteiger partial charge in [0.15, 0.2) is 0 Å². The number of hydrogen-bond acceptors (Lipinski definition) is 5. The number of hydrogen-bond donors (Lipinski definition) is 0. The molecular formula is C22H30N4O3. The number of carbonyl (C=O) groups excluding carboxylic acids is 2. The number of nitriles is 1. The zero-order valence-corrected chi connectivity index (χ0v) is 17.6. The number of rotatable bonds is 3. The van der Waals surface area contributed by atoms with Crippen LogP contribution in [0.1, 0.15) is 44.7 Å². The summed E-state index contributed by atoms with van der Waals surface area (Å²) in [6.45, 7) is 9.81. The van der Waals surface area contributed by atoms with Crippen molar-refractivity contribution in [3.8, 4) is 6.07 Å². The average Bonchev–Trinajstić information content (AvgIpc) is 3.17. The molecule has 2 aliphatic rings. The fourth-order valence-corrected chi connectivity index (χ4v) is 3.84. The summed E-state index contributed by atoms with van der Waals surface area (Å²) in [6.07, 6.45) is 1.13. The molecule has 0 aliphatic carbocycles. The van der Waals surface area contributed by atoms with Crippen LogP contribution in [0.15, 0.2) is 24.3 Å². The van der Waals surface area contributed by atoms with Crippen LogP contribution in [0.4, 0.5) is 4.79 Å². The number of nitrogens with zero attached hydrogens (tertiary/aromatic N) is 4. The third-order valence-electron chi connectivity index (χ3n) is 5.34. The highest BCUT2D eigenvalue weighted by atomic mass is 16.6. The van der Waals surface area contributed by atoms with Crippen molar-refractivity contribution >= 4 is 12.0 Å². The van der Waals surface area contributed by atoms with Crippen LogP contribution in [0.5, 0.6) is 0 Å². The molecule has 2 fully saturated rings. The molecule has 156 valence electrons. The SMILES string of the molecule is CC(C)(C)OC(=O)N1CCC[C@H]1C(=O)N1CCN(Cc2ccc(C#N)cc2)CC1. The molecule has 0 unspecified atom stereocenters. The van der Waals surface area contributed by atoms with E-state index in [1.54, 1.807) is 4.90 Å². The zero-order valence-electron chi connectivity index (χ0n) is 17.6. The molecule has 1 atom stereocenters. The highest BCUT2D eigenvalue weighted by Crippen LogP contribution is 2.23. The number of carbonyl (C=O) groups is 2. The zero-order chi connectivity index (χ0) is 21.0. The van der Waals surface area contributed by atoms with Crippen molar-refractivity contribution in [2.24, 2.45) is 0 Å². The second-order valence-corrected chi connectivity index (χ2v) is 8.74. The highest BCUT2D eigenvalue weighted by Gasteiger charge is 2.39. The molecule has 7 heteroatoms. The molecule has 2 aliphatic heterocycles. The summed E-state index contributed by atoms with van der Waals surface area (Å²) in [7, 11) is 0. The van der Waals surface area contributed by atoms with E-state index in [4.69, 9.17) is 10.00 Å². The van der Waals surface area contributed by atoms with Crippen molar-refractivity contribution in [3.63, 3.8) is 0 Å². The van der Waals surface area contributed by atoms with Gasteiger partial charge >= 0.3 is 6.09 Å². The molecule has 0 aromatic heterocycles. The molecule has 1 aromatic rings. The first-order valence-corrected chi connectivity index (χ1v) is 10.3. The molecule has 0 N–H and O–H groups in total. The van der Waals surface area contributed by atoms with Gasteiger partial charge in [0.1, 0.15) is 11.6 Å². The van der Waals surface area contributed by atoms with Gasteiger partial charge in [0.25, 0.3) is 0 Å². The van der Waals surface area contributed by atoms with E-state index < -0.39 is 17.7 Å². The van der Waals surface area contributed by atoms with Crippen LogP contribution < -0.4 is 0 Å². The van der Waals surface area contributed by atoms with Crippen LogP contribution in [0.2, 0.25) is 0 Å². The van der Waals surface area contributed by atoms with Gasteiger partial charge in [-0.15, -0.1) is 0 Å². The molecule has 0 saturated carbocycles. The third-order valence-corrected chi connectivity index (χ3v) is 5.34. The lowest BCUT2D eigenvalue weighted by atomic mass is 10.1. The number of likely N-dealkylation sites (tertiary alicyclic amines) is 1. The molecule has 2 amide bonds. The molecular weight excluding hydrogens is 368 g/mol. The third kappa shape index (κ3) is 5.48. The van der Waals surface area contributed by atoms with Gasteiger partial charge in [-0.3, -0.25) is 14.6 Å². The van der Waals surface area contributed by atoms with E-state index in [1.165, 1.54) is 0 Å². The smallest absolute Gasteiger partial charge is 0.410 e. The summed E-state index contributed by atoms with van der Waals surface area (Å²) < 4.78 is 5.48. The largest absolute Gasteiger partial charge is 0.444 e. The van der Waals surface area contributed by atoms with Crippen molar-refractivity contribution in [2.75, 3.05) is 32.7 Å². The number of benzene rings is 1. The lowest BCUT2D eigenvalue weighted by Crippen LogP contribution is -2.54. The molecule has 2 heterocycles. The predicted molar refractivity (Wildman–Crippen MR) is 109 cm³/mol.